The molecule has 22 heavy (non-hydrogen) atoms. The van der Waals surface area contributed by atoms with Crippen molar-refractivity contribution in [3.63, 3.8) is 0 Å². The average Bonchev–Trinajstić information content (AvgIpc) is 2.71. The largest absolute Gasteiger partial charge is 0.314 e. The highest BCUT2D eigenvalue weighted by molar-refractivity contribution is 5.01. The smallest absolute Gasteiger partial charge is 0.147 e. The van der Waals surface area contributed by atoms with Crippen molar-refractivity contribution in [2.24, 2.45) is 5.41 Å². The van der Waals surface area contributed by atoms with Crippen molar-refractivity contribution in [3.8, 4) is 0 Å². The molecule has 2 aliphatic rings. The lowest BCUT2D eigenvalue weighted by atomic mass is 9.75. The summed E-state index contributed by atoms with van der Waals surface area (Å²) in [5.41, 5.74) is 0.355. The third-order valence-electron chi connectivity index (χ3n) is 5.53. The summed E-state index contributed by atoms with van der Waals surface area (Å²) >= 11 is 0. The number of aryl methyl sites for hydroxylation is 1. The van der Waals surface area contributed by atoms with Gasteiger partial charge in [0.1, 0.15) is 11.6 Å². The molecule has 0 spiro atoms. The minimum Gasteiger partial charge on any atom is -0.314 e. The lowest BCUT2D eigenvalue weighted by Crippen LogP contribution is -2.49. The Bertz CT molecular complexity index is 517. The van der Waals surface area contributed by atoms with E-state index in [4.69, 9.17) is 0 Å². The molecular weight excluding hydrogens is 272 g/mol. The van der Waals surface area contributed by atoms with Gasteiger partial charge in [-0.3, -0.25) is 4.90 Å². The monoisotopic (exact) mass is 302 g/mol. The van der Waals surface area contributed by atoms with E-state index in [9.17, 15) is 0 Å². The number of fused-ring (bicyclic) bond motifs is 1. The molecule has 0 unspecified atom stereocenters. The van der Waals surface area contributed by atoms with Gasteiger partial charge in [-0.25, -0.2) is 0 Å². The third kappa shape index (κ3) is 3.12. The second kappa shape index (κ2) is 6.53. The molecule has 0 N–H and O–H groups in total. The number of hydrogen-bond acceptors (Lipinski definition) is 3. The predicted octanol–water partition coefficient (Wildman–Crippen LogP) is 3.57. The molecule has 2 aliphatic heterocycles. The summed E-state index contributed by atoms with van der Waals surface area (Å²) in [6, 6.07) is 0.567. The lowest BCUT2D eigenvalue weighted by Gasteiger charge is -2.46. The molecule has 1 fully saturated rings. The molecule has 1 aromatic heterocycles. The minimum absolute atomic E-state index is 0.355. The van der Waals surface area contributed by atoms with Gasteiger partial charge in [0.05, 0.1) is 6.54 Å². The van der Waals surface area contributed by atoms with Crippen LogP contribution in [0.15, 0.2) is 12.7 Å². The Morgan fingerprint density at radius 2 is 2.05 bits per heavy atom. The molecule has 0 bridgehead atoms. The van der Waals surface area contributed by atoms with Crippen molar-refractivity contribution in [2.75, 3.05) is 6.54 Å². The van der Waals surface area contributed by atoms with Crippen LogP contribution in [-0.4, -0.2) is 32.3 Å². The highest BCUT2D eigenvalue weighted by Crippen LogP contribution is 2.37. The maximum Gasteiger partial charge on any atom is 0.147 e. The lowest BCUT2D eigenvalue weighted by molar-refractivity contribution is 0.0307. The first-order valence-electron chi connectivity index (χ1n) is 8.88. The number of likely N-dealkylation sites (tertiary alicyclic amines) is 1. The van der Waals surface area contributed by atoms with Gasteiger partial charge in [0.15, 0.2) is 0 Å². The number of nitrogens with zero attached hydrogens (tertiary/aromatic N) is 4. The van der Waals surface area contributed by atoms with Crippen LogP contribution >= 0.6 is 0 Å². The highest BCUT2D eigenvalue weighted by atomic mass is 15.3. The third-order valence-corrected chi connectivity index (χ3v) is 5.53. The van der Waals surface area contributed by atoms with E-state index in [1.165, 1.54) is 50.3 Å². The molecule has 1 saturated heterocycles. The van der Waals surface area contributed by atoms with Crippen molar-refractivity contribution < 1.29 is 0 Å². The Hall–Kier alpha value is -1.16. The molecule has 0 saturated carbocycles. The van der Waals surface area contributed by atoms with Crippen LogP contribution in [0.4, 0.5) is 0 Å². The van der Waals surface area contributed by atoms with E-state index in [1.54, 1.807) is 0 Å². The Labute approximate surface area is 134 Å². The molecule has 0 radical (unpaired) electrons. The van der Waals surface area contributed by atoms with Gasteiger partial charge in [0.2, 0.25) is 0 Å². The first-order valence-corrected chi connectivity index (χ1v) is 8.88. The van der Waals surface area contributed by atoms with Gasteiger partial charge in [0.25, 0.3) is 0 Å². The van der Waals surface area contributed by atoms with Gasteiger partial charge in [-0.15, -0.1) is 16.8 Å². The number of piperidine rings is 1. The van der Waals surface area contributed by atoms with Crippen molar-refractivity contribution in [2.45, 2.75) is 77.9 Å². The van der Waals surface area contributed by atoms with Crippen molar-refractivity contribution in [1.82, 2.24) is 19.7 Å². The van der Waals surface area contributed by atoms with Gasteiger partial charge >= 0.3 is 0 Å². The molecule has 3 heterocycles. The van der Waals surface area contributed by atoms with Gasteiger partial charge in [-0.2, -0.15) is 0 Å². The maximum atomic E-state index is 4.52. The zero-order chi connectivity index (χ0) is 15.6. The van der Waals surface area contributed by atoms with Crippen LogP contribution < -0.4 is 0 Å². The topological polar surface area (TPSA) is 34.0 Å². The van der Waals surface area contributed by atoms with Gasteiger partial charge in [-0.05, 0) is 44.1 Å². The van der Waals surface area contributed by atoms with Gasteiger partial charge < -0.3 is 4.57 Å². The van der Waals surface area contributed by atoms with Crippen LogP contribution in [0.1, 0.15) is 64.0 Å². The Morgan fingerprint density at radius 1 is 1.18 bits per heavy atom. The summed E-state index contributed by atoms with van der Waals surface area (Å²) in [7, 11) is 0. The van der Waals surface area contributed by atoms with Crippen LogP contribution in [0.2, 0.25) is 0 Å². The van der Waals surface area contributed by atoms with Gasteiger partial charge in [-0.1, -0.05) is 26.3 Å². The van der Waals surface area contributed by atoms with E-state index in [0.717, 1.165) is 25.9 Å². The standard InChI is InChI=1S/C18H30N4/c1-4-9-15-18(2,3)11-8-12-21(15)14-17-20-19-16-10-6-5-7-13-22(16)17/h4,15H,1,5-14H2,2-3H3/t15-/m1/s1. The zero-order valence-corrected chi connectivity index (χ0v) is 14.2. The zero-order valence-electron chi connectivity index (χ0n) is 14.2. The first kappa shape index (κ1) is 15.7. The quantitative estimate of drug-likeness (QED) is 0.797. The highest BCUT2D eigenvalue weighted by Gasteiger charge is 2.37. The molecular formula is C18H30N4. The fraction of sp³-hybridized carbons (Fsp3) is 0.778. The Morgan fingerprint density at radius 3 is 2.86 bits per heavy atom. The van der Waals surface area contributed by atoms with Crippen LogP contribution in [0, 0.1) is 5.41 Å². The summed E-state index contributed by atoms with van der Waals surface area (Å²) in [4.78, 5) is 2.62. The van der Waals surface area contributed by atoms with E-state index in [2.05, 4.69) is 46.2 Å². The fourth-order valence-corrected chi connectivity index (χ4v) is 4.21. The van der Waals surface area contributed by atoms with Gasteiger partial charge in [0, 0.05) is 19.0 Å². The summed E-state index contributed by atoms with van der Waals surface area (Å²) < 4.78 is 2.39. The molecule has 0 aliphatic carbocycles. The van der Waals surface area contributed by atoms with E-state index in [0.29, 0.717) is 11.5 Å². The second-order valence-electron chi connectivity index (χ2n) is 7.60. The molecule has 1 atom stereocenters. The summed E-state index contributed by atoms with van der Waals surface area (Å²) in [5.74, 6) is 2.37. The van der Waals surface area contributed by atoms with Crippen LogP contribution in [0.5, 0.6) is 0 Å². The van der Waals surface area contributed by atoms with E-state index < -0.39 is 0 Å². The molecule has 4 nitrogen and oxygen atoms in total. The van der Waals surface area contributed by atoms with Crippen molar-refractivity contribution >= 4 is 0 Å². The predicted molar refractivity (Wildman–Crippen MR) is 89.6 cm³/mol. The minimum atomic E-state index is 0.355. The molecule has 0 aromatic carbocycles. The summed E-state index contributed by atoms with van der Waals surface area (Å²) in [6.07, 6.45) is 10.7. The molecule has 0 amide bonds. The fourth-order valence-electron chi connectivity index (χ4n) is 4.21. The van der Waals surface area contributed by atoms with E-state index >= 15 is 0 Å². The molecule has 1 aromatic rings. The maximum absolute atomic E-state index is 4.52. The van der Waals surface area contributed by atoms with Crippen molar-refractivity contribution in [3.05, 3.63) is 24.3 Å². The van der Waals surface area contributed by atoms with Crippen LogP contribution in [-0.2, 0) is 19.5 Å². The van der Waals surface area contributed by atoms with E-state index in [-0.39, 0.29) is 0 Å². The number of hydrogen-bond donors (Lipinski definition) is 0. The van der Waals surface area contributed by atoms with Crippen molar-refractivity contribution in [1.29, 1.82) is 0 Å². The molecule has 3 rings (SSSR count). The number of rotatable bonds is 4. The first-order chi connectivity index (χ1) is 10.6. The Balaban J connectivity index is 1.79. The van der Waals surface area contributed by atoms with E-state index in [1.807, 2.05) is 0 Å². The molecule has 4 heteroatoms. The van der Waals surface area contributed by atoms with Crippen LogP contribution in [0.3, 0.4) is 0 Å². The normalized spacial score (nSPS) is 25.5. The van der Waals surface area contributed by atoms with Crippen LogP contribution in [0.25, 0.3) is 0 Å². The molecule has 122 valence electrons. The second-order valence-corrected chi connectivity index (χ2v) is 7.60. The number of aromatic nitrogens is 3. The summed E-state index contributed by atoms with van der Waals surface area (Å²) in [5, 5.41) is 8.98. The SMILES string of the molecule is C=CC[C@H]1N(Cc2nnc3n2CCCCC3)CCCC1(C)C. The Kier molecular flexibility index (Phi) is 4.67. The summed E-state index contributed by atoms with van der Waals surface area (Å²) in [6.45, 7) is 12.0. The average molecular weight is 302 g/mol.